The summed E-state index contributed by atoms with van der Waals surface area (Å²) < 4.78 is 4.65. The van der Waals surface area contributed by atoms with E-state index < -0.39 is 6.17 Å². The van der Waals surface area contributed by atoms with Gasteiger partial charge in [-0.25, -0.2) is 9.98 Å². The number of H-pyrrole nitrogens is 1. The Morgan fingerprint density at radius 3 is 1.94 bits per heavy atom. The average Bonchev–Trinajstić information content (AvgIpc) is 3.87. The van der Waals surface area contributed by atoms with Crippen molar-refractivity contribution in [3.05, 3.63) is 175 Å². The zero-order valence-electron chi connectivity index (χ0n) is 26.5. The van der Waals surface area contributed by atoms with E-state index in [1.807, 2.05) is 18.3 Å². The quantitative estimate of drug-likeness (QED) is 0.200. The van der Waals surface area contributed by atoms with Crippen LogP contribution in [0.25, 0.3) is 60.6 Å². The zero-order chi connectivity index (χ0) is 32.3. The van der Waals surface area contributed by atoms with Gasteiger partial charge in [0, 0.05) is 39.0 Å². The van der Waals surface area contributed by atoms with Gasteiger partial charge in [0.1, 0.15) is 11.5 Å². The molecule has 0 spiro atoms. The number of nitrogens with one attached hydrogen (secondary N) is 2. The van der Waals surface area contributed by atoms with Crippen LogP contribution in [0.1, 0.15) is 17.3 Å². The molecule has 1 unspecified atom stereocenters. The Kier molecular flexibility index (Phi) is 6.14. The van der Waals surface area contributed by atoms with Crippen LogP contribution in [0.2, 0.25) is 0 Å². The molecule has 0 saturated heterocycles. The van der Waals surface area contributed by atoms with E-state index in [4.69, 9.17) is 9.98 Å². The Balaban J connectivity index is 1.27. The van der Waals surface area contributed by atoms with Gasteiger partial charge in [0.2, 0.25) is 5.96 Å². The molecular formula is C43H30N6. The summed E-state index contributed by atoms with van der Waals surface area (Å²) in [5.41, 5.74) is 9.78. The average molecular weight is 631 g/mol. The van der Waals surface area contributed by atoms with Crippen LogP contribution in [0.4, 0.5) is 0 Å². The van der Waals surface area contributed by atoms with Crippen molar-refractivity contribution >= 4 is 55.5 Å². The van der Waals surface area contributed by atoms with Crippen LogP contribution in [0.5, 0.6) is 0 Å². The molecule has 0 radical (unpaired) electrons. The van der Waals surface area contributed by atoms with Gasteiger partial charge in [0.15, 0.2) is 6.17 Å². The molecule has 1 aliphatic heterocycles. The van der Waals surface area contributed by atoms with Crippen molar-refractivity contribution in [1.82, 2.24) is 19.4 Å². The molecule has 49 heavy (non-hydrogen) atoms. The van der Waals surface area contributed by atoms with Crippen LogP contribution in [0, 0.1) is 0 Å². The number of hydrogen-bond donors (Lipinski definition) is 2. The molecule has 6 aromatic carbocycles. The summed E-state index contributed by atoms with van der Waals surface area (Å²) >= 11 is 0. The SMILES string of the molecule is c1ccc(C2=NC(c3cccc(-c4ccccc4)c3)N=C(n3c4ccccc4c4ccc5c6cc[nH]c6n(-c6ccccc6)c5c43)N2)cc1. The standard InChI is InChI=1S/C43H30N6/c1-4-13-28(14-5-1)30-17-12-18-31(27-30)41-45-40(29-15-6-2-7-16-29)46-43(47-41)49-37-22-11-10-21-33(37)34-23-24-35-36-25-26-44-42(36)48(38(35)39(34)49)32-19-8-3-9-20-32/h1-27,41,44H,(H,45,46,47). The third kappa shape index (κ3) is 4.35. The predicted molar refractivity (Wildman–Crippen MR) is 202 cm³/mol. The molecule has 232 valence electrons. The number of rotatable bonds is 4. The fraction of sp³-hybridized carbons (Fsp3) is 0.0233. The van der Waals surface area contributed by atoms with Gasteiger partial charge in [0.25, 0.3) is 0 Å². The third-order valence-corrected chi connectivity index (χ3v) is 9.56. The van der Waals surface area contributed by atoms with Gasteiger partial charge in [-0.1, -0.05) is 127 Å². The lowest BCUT2D eigenvalue weighted by molar-refractivity contribution is 0.745. The second kappa shape index (κ2) is 11.0. The number of amidine groups is 1. The normalized spacial score (nSPS) is 14.7. The number of para-hydroxylation sites is 2. The number of benzene rings is 6. The van der Waals surface area contributed by atoms with Crippen LogP contribution in [-0.4, -0.2) is 25.9 Å². The van der Waals surface area contributed by atoms with Gasteiger partial charge in [-0.2, -0.15) is 0 Å². The number of fused-ring (bicyclic) bond motifs is 7. The molecule has 0 aliphatic carbocycles. The largest absolute Gasteiger partial charge is 0.347 e. The lowest BCUT2D eigenvalue weighted by Gasteiger charge is -2.24. The molecule has 6 nitrogen and oxygen atoms in total. The number of hydrogen-bond acceptors (Lipinski definition) is 3. The fourth-order valence-electron chi connectivity index (χ4n) is 7.37. The molecule has 1 atom stereocenters. The van der Waals surface area contributed by atoms with Crippen molar-refractivity contribution in [1.29, 1.82) is 0 Å². The van der Waals surface area contributed by atoms with Gasteiger partial charge in [-0.05, 0) is 47.0 Å². The van der Waals surface area contributed by atoms with Crippen LogP contribution in [0.15, 0.2) is 174 Å². The third-order valence-electron chi connectivity index (χ3n) is 9.56. The first-order valence-electron chi connectivity index (χ1n) is 16.5. The van der Waals surface area contributed by atoms with Crippen LogP contribution in [-0.2, 0) is 0 Å². The van der Waals surface area contributed by atoms with Crippen molar-refractivity contribution in [2.45, 2.75) is 6.17 Å². The minimum absolute atomic E-state index is 0.457. The molecule has 4 heterocycles. The Bertz CT molecular complexity index is 2730. The first kappa shape index (κ1) is 27.5. The van der Waals surface area contributed by atoms with E-state index in [1.165, 1.54) is 16.2 Å². The monoisotopic (exact) mass is 630 g/mol. The molecule has 9 aromatic rings. The van der Waals surface area contributed by atoms with Crippen molar-refractivity contribution < 1.29 is 0 Å². The van der Waals surface area contributed by atoms with Crippen molar-refractivity contribution in [3.8, 4) is 16.8 Å². The molecular weight excluding hydrogens is 601 g/mol. The van der Waals surface area contributed by atoms with Crippen LogP contribution < -0.4 is 5.32 Å². The topological polar surface area (TPSA) is 62.4 Å². The summed E-state index contributed by atoms with van der Waals surface area (Å²) in [6.07, 6.45) is 1.56. The van der Waals surface area contributed by atoms with Crippen molar-refractivity contribution in [2.75, 3.05) is 0 Å². The zero-order valence-corrected chi connectivity index (χ0v) is 26.5. The summed E-state index contributed by atoms with van der Waals surface area (Å²) in [6.45, 7) is 0. The predicted octanol–water partition coefficient (Wildman–Crippen LogP) is 9.84. The summed E-state index contributed by atoms with van der Waals surface area (Å²) in [5, 5.41) is 8.39. The van der Waals surface area contributed by atoms with E-state index in [1.54, 1.807) is 0 Å². The van der Waals surface area contributed by atoms with E-state index in [0.717, 1.165) is 67.3 Å². The Morgan fingerprint density at radius 2 is 1.14 bits per heavy atom. The lowest BCUT2D eigenvalue weighted by atomic mass is 10.0. The highest BCUT2D eigenvalue weighted by Gasteiger charge is 2.27. The lowest BCUT2D eigenvalue weighted by Crippen LogP contribution is -2.39. The number of aliphatic imine (C=N–C) groups is 2. The highest BCUT2D eigenvalue weighted by atomic mass is 15.3. The molecule has 0 saturated carbocycles. The molecule has 6 heteroatoms. The first-order chi connectivity index (χ1) is 24.3. The second-order valence-corrected chi connectivity index (χ2v) is 12.4. The molecule has 0 fully saturated rings. The fourth-order valence-corrected chi connectivity index (χ4v) is 7.37. The minimum Gasteiger partial charge on any atom is -0.347 e. The summed E-state index contributed by atoms with van der Waals surface area (Å²) in [7, 11) is 0. The molecule has 2 N–H and O–H groups in total. The van der Waals surface area contributed by atoms with E-state index >= 15 is 0 Å². The smallest absolute Gasteiger partial charge is 0.211 e. The van der Waals surface area contributed by atoms with E-state index in [0.29, 0.717) is 0 Å². The first-order valence-corrected chi connectivity index (χ1v) is 16.5. The van der Waals surface area contributed by atoms with Gasteiger partial charge in [-0.3, -0.25) is 9.13 Å². The van der Waals surface area contributed by atoms with E-state index in [-0.39, 0.29) is 0 Å². The van der Waals surface area contributed by atoms with Crippen LogP contribution in [0.3, 0.4) is 0 Å². The summed E-state index contributed by atoms with van der Waals surface area (Å²) in [6, 6.07) is 55.3. The van der Waals surface area contributed by atoms with Gasteiger partial charge >= 0.3 is 0 Å². The van der Waals surface area contributed by atoms with Crippen molar-refractivity contribution in [3.63, 3.8) is 0 Å². The van der Waals surface area contributed by atoms with Gasteiger partial charge < -0.3 is 10.3 Å². The molecule has 1 aliphatic rings. The Hall–Kier alpha value is -6.66. The van der Waals surface area contributed by atoms with Crippen molar-refractivity contribution in [2.24, 2.45) is 9.98 Å². The highest BCUT2D eigenvalue weighted by Crippen LogP contribution is 2.40. The summed E-state index contributed by atoms with van der Waals surface area (Å²) in [5.74, 6) is 1.51. The van der Waals surface area contributed by atoms with E-state index in [9.17, 15) is 0 Å². The van der Waals surface area contributed by atoms with Crippen LogP contribution >= 0.6 is 0 Å². The summed E-state index contributed by atoms with van der Waals surface area (Å²) in [4.78, 5) is 14.2. The number of nitrogens with zero attached hydrogens (tertiary/aromatic N) is 4. The maximum Gasteiger partial charge on any atom is 0.211 e. The molecule has 0 amide bonds. The molecule has 3 aromatic heterocycles. The maximum atomic E-state index is 5.42. The molecule has 0 bridgehead atoms. The maximum absolute atomic E-state index is 5.42. The highest BCUT2D eigenvalue weighted by molar-refractivity contribution is 6.26. The van der Waals surface area contributed by atoms with Gasteiger partial charge in [0.05, 0.1) is 16.6 Å². The minimum atomic E-state index is -0.457. The van der Waals surface area contributed by atoms with Gasteiger partial charge in [-0.15, -0.1) is 0 Å². The van der Waals surface area contributed by atoms with E-state index in [2.05, 4.69) is 165 Å². The Morgan fingerprint density at radius 1 is 0.490 bits per heavy atom. The number of aromatic amines is 1. The molecule has 10 rings (SSSR count). The second-order valence-electron chi connectivity index (χ2n) is 12.4. The number of aromatic nitrogens is 3. The Labute approximate surface area is 282 Å².